The van der Waals surface area contributed by atoms with E-state index in [1.807, 2.05) is 0 Å². The molecule has 0 radical (unpaired) electrons. The van der Waals surface area contributed by atoms with Crippen molar-refractivity contribution in [1.82, 2.24) is 0 Å². The third-order valence-corrected chi connectivity index (χ3v) is 38.2. The van der Waals surface area contributed by atoms with Crippen LogP contribution in [0, 0.1) is 83.1 Å². The molecule has 268 valence electrons. The number of rotatable bonds is 8. The topological polar surface area (TPSA) is 0 Å². The first-order valence-corrected chi connectivity index (χ1v) is 26.5. The molecule has 6 aromatic carbocycles. The Labute approximate surface area is 317 Å². The van der Waals surface area contributed by atoms with E-state index in [1.165, 1.54) is 66.8 Å². The second kappa shape index (κ2) is 14.7. The summed E-state index contributed by atoms with van der Waals surface area (Å²) in [6.45, 7) is 27.8. The Kier molecular flexibility index (Phi) is 10.8. The third-order valence-electron chi connectivity index (χ3n) is 10.7. The van der Waals surface area contributed by atoms with Crippen molar-refractivity contribution in [2.24, 2.45) is 0 Å². The van der Waals surface area contributed by atoms with E-state index in [4.69, 9.17) is 0 Å². The van der Waals surface area contributed by atoms with Crippen LogP contribution < -0.4 is 31.8 Å². The van der Waals surface area contributed by atoms with Gasteiger partial charge in [-0.25, -0.2) is 0 Å². The summed E-state index contributed by atoms with van der Waals surface area (Å²) in [5, 5.41) is 9.40. The third kappa shape index (κ3) is 6.90. The van der Waals surface area contributed by atoms with E-state index in [1.54, 1.807) is 31.8 Å². The molecular weight excluding hydrogens is 745 g/mol. The van der Waals surface area contributed by atoms with Crippen molar-refractivity contribution in [2.75, 3.05) is 0 Å². The monoisotopic (exact) mass is 800 g/mol. The van der Waals surface area contributed by atoms with Crippen molar-refractivity contribution >= 4 is 42.7 Å². The van der Waals surface area contributed by atoms with Crippen LogP contribution in [0.5, 0.6) is 0 Å². The molecule has 0 aromatic heterocycles. The Morgan fingerprint density at radius 3 is 0.549 bits per heavy atom. The summed E-state index contributed by atoms with van der Waals surface area (Å²) in [7, 11) is 0. The van der Waals surface area contributed by atoms with Crippen molar-refractivity contribution < 1.29 is 17.0 Å². The molecular formula is C48H56P2Pd. The van der Waals surface area contributed by atoms with Crippen LogP contribution in [0.3, 0.4) is 0 Å². The molecule has 0 unspecified atom stereocenters. The molecule has 0 saturated carbocycles. The summed E-state index contributed by atoms with van der Waals surface area (Å²) in [5.74, 6) is 0. The molecule has 0 spiro atoms. The van der Waals surface area contributed by atoms with Crippen molar-refractivity contribution in [3.63, 3.8) is 0 Å². The van der Waals surface area contributed by atoms with Gasteiger partial charge in [0, 0.05) is 0 Å². The van der Waals surface area contributed by atoms with E-state index in [0.717, 1.165) is 0 Å². The molecule has 0 N–H and O–H groups in total. The van der Waals surface area contributed by atoms with Crippen LogP contribution >= 0.6 is 10.9 Å². The normalized spacial score (nSPS) is 12.7. The molecule has 0 aliphatic carbocycles. The van der Waals surface area contributed by atoms with Crippen molar-refractivity contribution in [2.45, 2.75) is 83.1 Å². The first kappa shape index (κ1) is 37.6. The molecule has 51 heavy (non-hydrogen) atoms. The zero-order chi connectivity index (χ0) is 36.8. The fourth-order valence-electron chi connectivity index (χ4n) is 8.40. The molecule has 0 aliphatic rings. The molecule has 0 heterocycles. The minimum atomic E-state index is -2.81. The average molecular weight is 801 g/mol. The SMILES string of the molecule is Cc1ccc([PH]([Pd][PH](c2ccc(C)cc2C)(c2ccc(C)cc2C)c2ccc(C)cc2C)(c2ccc(C)cc2C)c2ccc(C)cc2C)c(C)c1. The Morgan fingerprint density at radius 1 is 0.255 bits per heavy atom. The van der Waals surface area contributed by atoms with Gasteiger partial charge in [0.05, 0.1) is 0 Å². The van der Waals surface area contributed by atoms with Crippen LogP contribution in [0.15, 0.2) is 109 Å². The Hall–Kier alpha value is -3.16. The van der Waals surface area contributed by atoms with Gasteiger partial charge < -0.3 is 0 Å². The fraction of sp³-hybridized carbons (Fsp3) is 0.250. The zero-order valence-corrected chi connectivity index (χ0v) is 36.3. The second-order valence-electron chi connectivity index (χ2n) is 15.2. The Morgan fingerprint density at radius 2 is 0.412 bits per heavy atom. The van der Waals surface area contributed by atoms with Crippen LogP contribution in [0.25, 0.3) is 0 Å². The summed E-state index contributed by atoms with van der Waals surface area (Å²) in [5.41, 5.74) is 10.9. The minimum absolute atomic E-state index is 0.308. The van der Waals surface area contributed by atoms with E-state index < -0.39 is 10.9 Å². The van der Waals surface area contributed by atoms with Gasteiger partial charge in [-0.3, -0.25) is 0 Å². The van der Waals surface area contributed by atoms with Gasteiger partial charge in [-0.05, 0) is 0 Å². The van der Waals surface area contributed by atoms with Crippen molar-refractivity contribution in [3.05, 3.63) is 176 Å². The molecule has 6 aromatic rings. The predicted octanol–water partition coefficient (Wildman–Crippen LogP) is 10.1. The number of hydrogen-bond acceptors (Lipinski definition) is 0. The number of aryl methyl sites for hydroxylation is 12. The summed E-state index contributed by atoms with van der Waals surface area (Å²) in [6.07, 6.45) is 0. The molecule has 3 heteroatoms. The molecule has 0 saturated heterocycles. The first-order valence-electron chi connectivity index (χ1n) is 18.2. The van der Waals surface area contributed by atoms with Gasteiger partial charge in [-0.1, -0.05) is 0 Å². The van der Waals surface area contributed by atoms with E-state index >= 15 is 0 Å². The van der Waals surface area contributed by atoms with Crippen molar-refractivity contribution in [1.29, 1.82) is 0 Å². The first-order chi connectivity index (χ1) is 24.2. The number of hydrogen-bond donors (Lipinski definition) is 0. The number of benzene rings is 6. The predicted molar refractivity (Wildman–Crippen MR) is 230 cm³/mol. The van der Waals surface area contributed by atoms with Crippen LogP contribution in [0.2, 0.25) is 0 Å². The maximum absolute atomic E-state index is 2.81. The molecule has 0 atom stereocenters. The summed E-state index contributed by atoms with van der Waals surface area (Å²) in [4.78, 5) is 0. The average Bonchev–Trinajstić information content (AvgIpc) is 3.03. The molecule has 0 bridgehead atoms. The second-order valence-corrected chi connectivity index (χ2v) is 32.0. The van der Waals surface area contributed by atoms with Crippen molar-refractivity contribution in [3.8, 4) is 0 Å². The summed E-state index contributed by atoms with van der Waals surface area (Å²) in [6, 6.07) is 44.3. The molecule has 0 aliphatic heterocycles. The molecule has 6 rings (SSSR count). The van der Waals surface area contributed by atoms with Gasteiger partial charge in [-0.2, -0.15) is 0 Å². The molecule has 0 fully saturated rings. The standard InChI is InChI=1S/2C24H27P.Pd/c2*1-16-7-10-22(19(4)13-16)25(23-11-8-17(2)14-20(23)5)24-12-9-18(3)15-21(24)6;/h2*7-15H,1-6H3;/q;;-2/p+2. The van der Waals surface area contributed by atoms with E-state index in [9.17, 15) is 0 Å². The summed E-state index contributed by atoms with van der Waals surface area (Å²) >= 11 is 0.308. The van der Waals surface area contributed by atoms with Gasteiger partial charge in [-0.15, -0.1) is 0 Å². The molecule has 0 amide bonds. The van der Waals surface area contributed by atoms with E-state index in [2.05, 4.69) is 192 Å². The zero-order valence-electron chi connectivity index (χ0n) is 32.7. The van der Waals surface area contributed by atoms with Gasteiger partial charge in [0.15, 0.2) is 0 Å². The van der Waals surface area contributed by atoms with Gasteiger partial charge >= 0.3 is 319 Å². The molecule has 0 nitrogen and oxygen atoms in total. The summed E-state index contributed by atoms with van der Waals surface area (Å²) < 4.78 is 0. The quantitative estimate of drug-likeness (QED) is 0.106. The van der Waals surface area contributed by atoms with Gasteiger partial charge in [0.2, 0.25) is 0 Å². The fourth-order valence-corrected chi connectivity index (χ4v) is 46.0. The Bertz CT molecular complexity index is 1870. The van der Waals surface area contributed by atoms with Gasteiger partial charge in [0.1, 0.15) is 0 Å². The van der Waals surface area contributed by atoms with Crippen LogP contribution in [0.4, 0.5) is 0 Å². The van der Waals surface area contributed by atoms with Crippen LogP contribution in [-0.4, -0.2) is 0 Å². The van der Waals surface area contributed by atoms with Crippen LogP contribution in [0.1, 0.15) is 66.8 Å². The van der Waals surface area contributed by atoms with Gasteiger partial charge in [0.25, 0.3) is 0 Å². The van der Waals surface area contributed by atoms with Crippen LogP contribution in [-0.2, 0) is 17.0 Å². The van der Waals surface area contributed by atoms with E-state index in [-0.39, 0.29) is 0 Å². The van der Waals surface area contributed by atoms with E-state index in [0.29, 0.717) is 17.0 Å². The maximum atomic E-state index is 2.54. The Balaban J connectivity index is 1.93.